The summed E-state index contributed by atoms with van der Waals surface area (Å²) < 4.78 is 0. The van der Waals surface area contributed by atoms with Gasteiger partial charge in [0, 0.05) is 5.38 Å². The second-order valence-electron chi connectivity index (χ2n) is 2.20. The van der Waals surface area contributed by atoms with Crippen LogP contribution >= 0.6 is 11.6 Å². The lowest BCUT2D eigenvalue weighted by atomic mass is 10.3. The van der Waals surface area contributed by atoms with Crippen molar-refractivity contribution in [3.05, 3.63) is 0 Å². The zero-order valence-corrected chi connectivity index (χ0v) is 5.15. The largest absolute Gasteiger partial charge is 0.330 e. The summed E-state index contributed by atoms with van der Waals surface area (Å²) >= 11 is 5.72. The summed E-state index contributed by atoms with van der Waals surface area (Å²) in [5.74, 6) is 1.29. The van der Waals surface area contributed by atoms with Crippen molar-refractivity contribution in [3.8, 4) is 0 Å². The highest BCUT2D eigenvalue weighted by Crippen LogP contribution is 2.42. The van der Waals surface area contributed by atoms with E-state index in [9.17, 15) is 0 Å². The predicted octanol–water partition coefficient (Wildman–Crippen LogP) is 0.818. The van der Waals surface area contributed by atoms with Crippen LogP contribution in [0.25, 0.3) is 0 Å². The standard InChI is InChI=1S/C5H10ClN/c1-3-4(2-7)5(3)6/h3-5H,2,7H2,1H3/t3-,4-,5+/m0/s1. The average Bonchev–Trinajstić information content (AvgIpc) is 2.17. The van der Waals surface area contributed by atoms with Gasteiger partial charge in [0.25, 0.3) is 0 Å². The normalized spacial score (nSPS) is 49.3. The Bertz CT molecular complexity index is 66.5. The highest BCUT2D eigenvalue weighted by Gasteiger charge is 2.43. The monoisotopic (exact) mass is 119 g/mol. The third-order valence-corrected chi connectivity index (χ3v) is 2.44. The Morgan fingerprint density at radius 3 is 2.14 bits per heavy atom. The summed E-state index contributed by atoms with van der Waals surface area (Å²) in [6, 6.07) is 0. The predicted molar refractivity (Wildman–Crippen MR) is 31.3 cm³/mol. The Hall–Kier alpha value is 0.250. The molecule has 1 nitrogen and oxygen atoms in total. The third kappa shape index (κ3) is 0.752. The molecule has 1 aliphatic carbocycles. The fourth-order valence-corrected chi connectivity index (χ4v) is 1.27. The molecule has 2 N–H and O–H groups in total. The van der Waals surface area contributed by atoms with Gasteiger partial charge < -0.3 is 5.73 Å². The fraction of sp³-hybridized carbons (Fsp3) is 1.00. The van der Waals surface area contributed by atoms with Gasteiger partial charge in [-0.05, 0) is 18.4 Å². The number of nitrogens with two attached hydrogens (primary N) is 1. The van der Waals surface area contributed by atoms with Crippen molar-refractivity contribution in [2.75, 3.05) is 6.54 Å². The number of rotatable bonds is 1. The number of hydrogen-bond donors (Lipinski definition) is 1. The molecule has 0 aromatic heterocycles. The Balaban J connectivity index is 2.24. The second kappa shape index (κ2) is 1.64. The van der Waals surface area contributed by atoms with E-state index in [1.54, 1.807) is 0 Å². The second-order valence-corrected chi connectivity index (χ2v) is 2.71. The molecule has 0 spiro atoms. The number of hydrogen-bond acceptors (Lipinski definition) is 1. The van der Waals surface area contributed by atoms with E-state index >= 15 is 0 Å². The first-order valence-electron chi connectivity index (χ1n) is 2.61. The average molecular weight is 120 g/mol. The van der Waals surface area contributed by atoms with Crippen LogP contribution in [0.2, 0.25) is 0 Å². The fourth-order valence-electron chi connectivity index (χ4n) is 0.837. The molecule has 0 heterocycles. The van der Waals surface area contributed by atoms with Crippen LogP contribution in [-0.2, 0) is 0 Å². The van der Waals surface area contributed by atoms with Gasteiger partial charge in [0.1, 0.15) is 0 Å². The quantitative estimate of drug-likeness (QED) is 0.508. The molecular formula is C5H10ClN. The number of halogens is 1. The van der Waals surface area contributed by atoms with E-state index < -0.39 is 0 Å². The van der Waals surface area contributed by atoms with Gasteiger partial charge in [-0.15, -0.1) is 11.6 Å². The minimum atomic E-state index is 0.380. The molecule has 1 fully saturated rings. The van der Waals surface area contributed by atoms with Crippen molar-refractivity contribution in [1.29, 1.82) is 0 Å². The summed E-state index contributed by atoms with van der Waals surface area (Å²) in [6.07, 6.45) is 0. The maximum absolute atomic E-state index is 5.72. The molecule has 0 bridgehead atoms. The molecule has 0 amide bonds. The van der Waals surface area contributed by atoms with Gasteiger partial charge in [-0.1, -0.05) is 6.92 Å². The molecule has 0 radical (unpaired) electrons. The molecule has 1 aliphatic rings. The van der Waals surface area contributed by atoms with Gasteiger partial charge in [-0.2, -0.15) is 0 Å². The molecule has 3 atom stereocenters. The minimum absolute atomic E-state index is 0.380. The van der Waals surface area contributed by atoms with E-state index in [0.29, 0.717) is 17.2 Å². The van der Waals surface area contributed by atoms with Crippen LogP contribution in [0.15, 0.2) is 0 Å². The Morgan fingerprint density at radius 2 is 2.14 bits per heavy atom. The first-order chi connectivity index (χ1) is 3.27. The highest BCUT2D eigenvalue weighted by molar-refractivity contribution is 6.22. The Morgan fingerprint density at radius 1 is 1.71 bits per heavy atom. The van der Waals surface area contributed by atoms with E-state index in [4.69, 9.17) is 17.3 Å². The Kier molecular flexibility index (Phi) is 1.26. The van der Waals surface area contributed by atoms with E-state index in [0.717, 1.165) is 6.54 Å². The molecule has 0 unspecified atom stereocenters. The van der Waals surface area contributed by atoms with Gasteiger partial charge >= 0.3 is 0 Å². The van der Waals surface area contributed by atoms with Gasteiger partial charge in [-0.25, -0.2) is 0 Å². The first-order valence-corrected chi connectivity index (χ1v) is 3.05. The maximum Gasteiger partial charge on any atom is 0.0408 e. The van der Waals surface area contributed by atoms with Crippen LogP contribution in [0.4, 0.5) is 0 Å². The van der Waals surface area contributed by atoms with Gasteiger partial charge in [0.05, 0.1) is 0 Å². The van der Waals surface area contributed by atoms with Crippen molar-refractivity contribution < 1.29 is 0 Å². The third-order valence-electron chi connectivity index (χ3n) is 1.72. The van der Waals surface area contributed by atoms with Crippen molar-refractivity contribution in [3.63, 3.8) is 0 Å². The molecule has 0 aromatic rings. The lowest BCUT2D eigenvalue weighted by molar-refractivity contribution is 0.761. The minimum Gasteiger partial charge on any atom is -0.330 e. The van der Waals surface area contributed by atoms with Gasteiger partial charge in [-0.3, -0.25) is 0 Å². The molecule has 1 rings (SSSR count). The molecule has 0 aliphatic heterocycles. The molecule has 0 saturated heterocycles. The van der Waals surface area contributed by atoms with Crippen molar-refractivity contribution >= 4 is 11.6 Å². The summed E-state index contributed by atoms with van der Waals surface area (Å²) in [7, 11) is 0. The van der Waals surface area contributed by atoms with E-state index in [1.807, 2.05) is 0 Å². The summed E-state index contributed by atoms with van der Waals surface area (Å²) in [5.41, 5.74) is 5.33. The van der Waals surface area contributed by atoms with Crippen LogP contribution in [0, 0.1) is 11.8 Å². The molecule has 2 heteroatoms. The van der Waals surface area contributed by atoms with Crippen LogP contribution in [0.1, 0.15) is 6.92 Å². The van der Waals surface area contributed by atoms with E-state index in [1.165, 1.54) is 0 Å². The lowest BCUT2D eigenvalue weighted by Crippen LogP contribution is -2.02. The lowest BCUT2D eigenvalue weighted by Gasteiger charge is -1.80. The van der Waals surface area contributed by atoms with Gasteiger partial charge in [0.15, 0.2) is 0 Å². The van der Waals surface area contributed by atoms with E-state index in [-0.39, 0.29) is 0 Å². The van der Waals surface area contributed by atoms with Crippen molar-refractivity contribution in [1.82, 2.24) is 0 Å². The summed E-state index contributed by atoms with van der Waals surface area (Å²) in [4.78, 5) is 0. The molecule has 7 heavy (non-hydrogen) atoms. The zero-order valence-electron chi connectivity index (χ0n) is 4.39. The Labute approximate surface area is 48.8 Å². The SMILES string of the molecule is C[C@@H]1[C@@H](Cl)[C@H]1CN. The highest BCUT2D eigenvalue weighted by atomic mass is 35.5. The van der Waals surface area contributed by atoms with Gasteiger partial charge in [0.2, 0.25) is 0 Å². The van der Waals surface area contributed by atoms with Crippen LogP contribution in [-0.4, -0.2) is 11.9 Å². The van der Waals surface area contributed by atoms with E-state index in [2.05, 4.69) is 6.92 Å². The van der Waals surface area contributed by atoms with Crippen molar-refractivity contribution in [2.45, 2.75) is 12.3 Å². The molecular weight excluding hydrogens is 110 g/mol. The van der Waals surface area contributed by atoms with Crippen LogP contribution < -0.4 is 5.73 Å². The number of alkyl halides is 1. The summed E-state index contributed by atoms with van der Waals surface area (Å²) in [5, 5.41) is 0.380. The molecule has 0 aromatic carbocycles. The molecule has 1 saturated carbocycles. The van der Waals surface area contributed by atoms with Crippen molar-refractivity contribution in [2.24, 2.45) is 17.6 Å². The smallest absolute Gasteiger partial charge is 0.0408 e. The zero-order chi connectivity index (χ0) is 5.44. The summed E-state index contributed by atoms with van der Waals surface area (Å²) in [6.45, 7) is 2.89. The first kappa shape index (κ1) is 5.39. The molecule has 42 valence electrons. The van der Waals surface area contributed by atoms with Crippen LogP contribution in [0.3, 0.4) is 0 Å². The van der Waals surface area contributed by atoms with Crippen LogP contribution in [0.5, 0.6) is 0 Å². The maximum atomic E-state index is 5.72. The topological polar surface area (TPSA) is 26.0 Å².